The van der Waals surface area contributed by atoms with E-state index in [1.54, 1.807) is 37.7 Å². The Kier molecular flexibility index (Phi) is 6.87. The van der Waals surface area contributed by atoms with Gasteiger partial charge in [-0.3, -0.25) is 19.4 Å². The number of hydrogen-bond donors (Lipinski definition) is 1. The molecule has 0 aliphatic heterocycles. The molecule has 0 radical (unpaired) electrons. The van der Waals surface area contributed by atoms with Gasteiger partial charge in [0, 0.05) is 42.2 Å². The van der Waals surface area contributed by atoms with E-state index in [2.05, 4.69) is 20.5 Å². The van der Waals surface area contributed by atoms with Crippen molar-refractivity contribution in [2.75, 3.05) is 13.7 Å². The van der Waals surface area contributed by atoms with E-state index in [0.29, 0.717) is 11.4 Å². The summed E-state index contributed by atoms with van der Waals surface area (Å²) in [5.74, 6) is 0.316. The second-order valence-corrected chi connectivity index (χ2v) is 7.31. The van der Waals surface area contributed by atoms with Crippen molar-refractivity contribution in [2.24, 2.45) is 0 Å². The van der Waals surface area contributed by atoms with E-state index in [1.165, 1.54) is 16.8 Å². The summed E-state index contributed by atoms with van der Waals surface area (Å²) in [5, 5.41) is 11.3. The standard InChI is InChI=1S/C24H22N6O4/c1-34-19-6-4-17(5-7-19)20-8-10-23(32)29(27-20)14-13-26-22(31)16-30-24(33)11-9-21(28-30)18-3-2-12-25-15-18/h2-12,15H,13-14,16H2,1H3,(H,26,31). The predicted octanol–water partition coefficient (Wildman–Crippen LogP) is 1.35. The van der Waals surface area contributed by atoms with E-state index < -0.39 is 11.5 Å². The van der Waals surface area contributed by atoms with Crippen LogP contribution < -0.4 is 21.2 Å². The van der Waals surface area contributed by atoms with Crippen LogP contribution >= 0.6 is 0 Å². The fourth-order valence-corrected chi connectivity index (χ4v) is 3.25. The Bertz CT molecular complexity index is 1400. The summed E-state index contributed by atoms with van der Waals surface area (Å²) in [7, 11) is 1.59. The normalized spacial score (nSPS) is 10.6. The number of pyridine rings is 1. The summed E-state index contributed by atoms with van der Waals surface area (Å²) in [6.45, 7) is 0.0859. The Morgan fingerprint density at radius 2 is 1.56 bits per heavy atom. The number of nitrogens with one attached hydrogen (secondary N) is 1. The predicted molar refractivity (Wildman–Crippen MR) is 125 cm³/mol. The molecule has 172 valence electrons. The van der Waals surface area contributed by atoms with Gasteiger partial charge in [0.15, 0.2) is 0 Å². The van der Waals surface area contributed by atoms with Crippen LogP contribution in [-0.4, -0.2) is 44.1 Å². The summed E-state index contributed by atoms with van der Waals surface area (Å²) >= 11 is 0. The van der Waals surface area contributed by atoms with Crippen LogP contribution in [0.1, 0.15) is 0 Å². The van der Waals surface area contributed by atoms with Crippen molar-refractivity contribution in [3.63, 3.8) is 0 Å². The number of hydrogen-bond acceptors (Lipinski definition) is 7. The Morgan fingerprint density at radius 3 is 2.24 bits per heavy atom. The number of rotatable bonds is 8. The van der Waals surface area contributed by atoms with Crippen molar-refractivity contribution in [1.29, 1.82) is 0 Å². The molecule has 0 saturated carbocycles. The molecule has 4 aromatic rings. The molecule has 0 fully saturated rings. The van der Waals surface area contributed by atoms with Crippen molar-refractivity contribution in [3.8, 4) is 28.3 Å². The first kappa shape index (κ1) is 22.6. The third kappa shape index (κ3) is 5.41. The molecule has 10 nitrogen and oxygen atoms in total. The summed E-state index contributed by atoms with van der Waals surface area (Å²) in [6, 6.07) is 16.9. The highest BCUT2D eigenvalue weighted by Crippen LogP contribution is 2.19. The van der Waals surface area contributed by atoms with E-state index in [0.717, 1.165) is 21.6 Å². The van der Waals surface area contributed by atoms with Gasteiger partial charge in [-0.25, -0.2) is 9.36 Å². The minimum Gasteiger partial charge on any atom is -0.497 e. The van der Waals surface area contributed by atoms with Crippen LogP contribution in [-0.2, 0) is 17.9 Å². The second kappa shape index (κ2) is 10.3. The molecule has 1 N–H and O–H groups in total. The quantitative estimate of drug-likeness (QED) is 0.423. The third-order valence-electron chi connectivity index (χ3n) is 5.02. The fourth-order valence-electron chi connectivity index (χ4n) is 3.25. The van der Waals surface area contributed by atoms with Crippen molar-refractivity contribution >= 4 is 5.91 Å². The molecule has 3 heterocycles. The van der Waals surface area contributed by atoms with Gasteiger partial charge in [-0.15, -0.1) is 0 Å². The lowest BCUT2D eigenvalue weighted by atomic mass is 10.1. The summed E-state index contributed by atoms with van der Waals surface area (Å²) in [4.78, 5) is 40.8. The molecule has 1 amide bonds. The lowest BCUT2D eigenvalue weighted by Crippen LogP contribution is -2.36. The zero-order chi connectivity index (χ0) is 23.9. The van der Waals surface area contributed by atoms with E-state index in [-0.39, 0.29) is 25.2 Å². The van der Waals surface area contributed by atoms with Gasteiger partial charge in [-0.05, 0) is 48.5 Å². The van der Waals surface area contributed by atoms with E-state index in [1.807, 2.05) is 30.3 Å². The maximum Gasteiger partial charge on any atom is 0.267 e. The summed E-state index contributed by atoms with van der Waals surface area (Å²) < 4.78 is 7.53. The van der Waals surface area contributed by atoms with Gasteiger partial charge in [-0.1, -0.05) is 0 Å². The first-order chi connectivity index (χ1) is 16.5. The molecule has 34 heavy (non-hydrogen) atoms. The van der Waals surface area contributed by atoms with Gasteiger partial charge in [0.2, 0.25) is 5.91 Å². The SMILES string of the molecule is COc1ccc(-c2ccc(=O)n(CCNC(=O)Cn3nc(-c4cccnc4)ccc3=O)n2)cc1. The van der Waals surface area contributed by atoms with Crippen LogP contribution in [0.15, 0.2) is 82.6 Å². The van der Waals surface area contributed by atoms with Crippen LogP contribution in [0.5, 0.6) is 5.75 Å². The maximum absolute atomic E-state index is 12.4. The zero-order valence-electron chi connectivity index (χ0n) is 18.4. The van der Waals surface area contributed by atoms with Crippen molar-refractivity contribution in [3.05, 3.63) is 93.8 Å². The summed E-state index contributed by atoms with van der Waals surface area (Å²) in [5.41, 5.74) is 2.04. The minimum atomic E-state index is -0.405. The average Bonchev–Trinajstić information content (AvgIpc) is 2.87. The van der Waals surface area contributed by atoms with Gasteiger partial charge in [0.05, 0.1) is 25.0 Å². The largest absolute Gasteiger partial charge is 0.497 e. The number of carbonyl (C=O) groups is 1. The molecule has 0 aliphatic rings. The highest BCUT2D eigenvalue weighted by Gasteiger charge is 2.09. The maximum atomic E-state index is 12.4. The molecule has 1 aromatic carbocycles. The Labute approximate surface area is 194 Å². The molecule has 0 aliphatic carbocycles. The minimum absolute atomic E-state index is 0.162. The molecule has 0 bridgehead atoms. The van der Waals surface area contributed by atoms with Crippen LogP contribution in [0.4, 0.5) is 0 Å². The highest BCUT2D eigenvalue weighted by molar-refractivity contribution is 5.75. The van der Waals surface area contributed by atoms with E-state index in [9.17, 15) is 14.4 Å². The molecule has 4 rings (SSSR count). The number of aromatic nitrogens is 5. The molecular weight excluding hydrogens is 436 g/mol. The van der Waals surface area contributed by atoms with Crippen molar-refractivity contribution < 1.29 is 9.53 Å². The number of nitrogens with zero attached hydrogens (tertiary/aromatic N) is 5. The second-order valence-electron chi connectivity index (χ2n) is 7.31. The number of benzene rings is 1. The zero-order valence-corrected chi connectivity index (χ0v) is 18.4. The first-order valence-corrected chi connectivity index (χ1v) is 10.5. The van der Waals surface area contributed by atoms with Gasteiger partial charge in [0.25, 0.3) is 11.1 Å². The van der Waals surface area contributed by atoms with Gasteiger partial charge < -0.3 is 10.1 Å². The van der Waals surface area contributed by atoms with E-state index in [4.69, 9.17) is 4.74 Å². The highest BCUT2D eigenvalue weighted by atomic mass is 16.5. The van der Waals surface area contributed by atoms with Crippen LogP contribution in [0.25, 0.3) is 22.5 Å². The Balaban J connectivity index is 1.39. The van der Waals surface area contributed by atoms with Crippen molar-refractivity contribution in [1.82, 2.24) is 29.9 Å². The smallest absolute Gasteiger partial charge is 0.267 e. The van der Waals surface area contributed by atoms with Crippen molar-refractivity contribution in [2.45, 2.75) is 13.1 Å². The summed E-state index contributed by atoms with van der Waals surface area (Å²) in [6.07, 6.45) is 3.27. The molecule has 10 heteroatoms. The lowest BCUT2D eigenvalue weighted by molar-refractivity contribution is -0.121. The first-order valence-electron chi connectivity index (χ1n) is 10.5. The van der Waals surface area contributed by atoms with Gasteiger partial charge in [-0.2, -0.15) is 10.2 Å². The molecule has 3 aromatic heterocycles. The molecule has 0 atom stereocenters. The Morgan fingerprint density at radius 1 is 0.882 bits per heavy atom. The molecule has 0 unspecified atom stereocenters. The number of ether oxygens (including phenoxy) is 1. The van der Waals surface area contributed by atoms with Gasteiger partial charge in [0.1, 0.15) is 12.3 Å². The lowest BCUT2D eigenvalue weighted by Gasteiger charge is -2.10. The van der Waals surface area contributed by atoms with E-state index >= 15 is 0 Å². The third-order valence-corrected chi connectivity index (χ3v) is 5.02. The number of carbonyl (C=O) groups excluding carboxylic acids is 1. The van der Waals surface area contributed by atoms with Gasteiger partial charge >= 0.3 is 0 Å². The topological polar surface area (TPSA) is 121 Å². The molecule has 0 saturated heterocycles. The fraction of sp³-hybridized carbons (Fsp3) is 0.167. The van der Waals surface area contributed by atoms with Crippen LogP contribution in [0, 0.1) is 0 Å². The number of amides is 1. The number of methoxy groups -OCH3 is 1. The van der Waals surface area contributed by atoms with Crippen LogP contribution in [0.3, 0.4) is 0 Å². The molecular formula is C24H22N6O4. The Hall–Kier alpha value is -4.60. The monoisotopic (exact) mass is 458 g/mol. The molecule has 0 spiro atoms. The average molecular weight is 458 g/mol. The van der Waals surface area contributed by atoms with Crippen LogP contribution in [0.2, 0.25) is 0 Å².